The molecule has 4 aromatic heterocycles. The number of benzene rings is 9. The number of thiophene rings is 1. The lowest BCUT2D eigenvalue weighted by atomic mass is 10.0. The average molecular weight is 797 g/mol. The van der Waals surface area contributed by atoms with Crippen LogP contribution in [-0.2, 0) is 0 Å². The number of rotatable bonds is 5. The molecule has 0 aliphatic heterocycles. The van der Waals surface area contributed by atoms with E-state index in [-0.39, 0.29) is 0 Å². The van der Waals surface area contributed by atoms with Gasteiger partial charge in [0.1, 0.15) is 11.2 Å². The molecule has 0 aliphatic carbocycles. The van der Waals surface area contributed by atoms with E-state index in [0.29, 0.717) is 17.5 Å². The lowest BCUT2D eigenvalue weighted by Gasteiger charge is -2.16. The van der Waals surface area contributed by atoms with Gasteiger partial charge in [0, 0.05) is 53.0 Å². The Kier molecular flexibility index (Phi) is 7.41. The summed E-state index contributed by atoms with van der Waals surface area (Å²) in [5, 5.41) is 9.25. The van der Waals surface area contributed by atoms with Crippen molar-refractivity contribution in [3.05, 3.63) is 194 Å². The van der Waals surface area contributed by atoms with E-state index >= 15 is 0 Å². The van der Waals surface area contributed by atoms with E-state index < -0.39 is 0 Å². The summed E-state index contributed by atoms with van der Waals surface area (Å²) >= 11 is 1.79. The van der Waals surface area contributed by atoms with Gasteiger partial charge in [0.05, 0.1) is 22.1 Å². The molecule has 0 N–H and O–H groups in total. The molecule has 0 spiro atoms. The Balaban J connectivity index is 1.12. The van der Waals surface area contributed by atoms with Gasteiger partial charge in [0.15, 0.2) is 17.5 Å². The zero-order valence-electron chi connectivity index (χ0n) is 32.6. The normalized spacial score (nSPS) is 11.9. The SMILES string of the molecule is c1ccc(-c2ccc(-c3nc(-c4ccc5c(c4)sc4ccccc45)nc(-c4ccc5oc6ccccc6c5c4-n4c5ccccc5c5cc6ccccc6cc54)n3)cc2)cc1. The number of para-hydroxylation sites is 2. The summed E-state index contributed by atoms with van der Waals surface area (Å²) in [6.45, 7) is 0. The lowest BCUT2D eigenvalue weighted by Crippen LogP contribution is -2.04. The fraction of sp³-hybridized carbons (Fsp3) is 0. The van der Waals surface area contributed by atoms with Gasteiger partial charge < -0.3 is 8.98 Å². The summed E-state index contributed by atoms with van der Waals surface area (Å²) in [5.41, 5.74) is 9.79. The van der Waals surface area contributed by atoms with Crippen LogP contribution >= 0.6 is 11.3 Å². The van der Waals surface area contributed by atoms with E-state index in [2.05, 4.69) is 180 Å². The van der Waals surface area contributed by atoms with Crippen molar-refractivity contribution in [2.24, 2.45) is 0 Å². The quantitative estimate of drug-likeness (QED) is 0.174. The van der Waals surface area contributed by atoms with Gasteiger partial charge in [0.25, 0.3) is 0 Å². The highest BCUT2D eigenvalue weighted by molar-refractivity contribution is 7.25. The van der Waals surface area contributed by atoms with Crippen LogP contribution in [0.4, 0.5) is 0 Å². The lowest BCUT2D eigenvalue weighted by molar-refractivity contribution is 0.669. The first-order valence-electron chi connectivity index (χ1n) is 20.4. The first kappa shape index (κ1) is 34.0. The smallest absolute Gasteiger partial charge is 0.166 e. The highest BCUT2D eigenvalue weighted by Crippen LogP contribution is 2.44. The van der Waals surface area contributed by atoms with E-state index in [4.69, 9.17) is 19.4 Å². The largest absolute Gasteiger partial charge is 0.456 e. The Bertz CT molecular complexity index is 3880. The Hall–Kier alpha value is -7.93. The molecular formula is C55H32N4OS. The summed E-state index contributed by atoms with van der Waals surface area (Å²) < 4.78 is 11.5. The summed E-state index contributed by atoms with van der Waals surface area (Å²) in [4.78, 5) is 16.1. The molecule has 0 saturated heterocycles. The number of hydrogen-bond acceptors (Lipinski definition) is 5. The Morgan fingerprint density at radius 2 is 1.00 bits per heavy atom. The van der Waals surface area contributed by atoms with Crippen molar-refractivity contribution < 1.29 is 4.42 Å². The minimum absolute atomic E-state index is 0.581. The molecule has 0 radical (unpaired) electrons. The summed E-state index contributed by atoms with van der Waals surface area (Å²) in [6.07, 6.45) is 0. The van der Waals surface area contributed by atoms with Crippen molar-refractivity contribution in [3.63, 3.8) is 0 Å². The van der Waals surface area contributed by atoms with Crippen LogP contribution < -0.4 is 0 Å². The van der Waals surface area contributed by atoms with Gasteiger partial charge in [-0.1, -0.05) is 146 Å². The van der Waals surface area contributed by atoms with Crippen LogP contribution in [0, 0.1) is 0 Å². The van der Waals surface area contributed by atoms with E-state index in [1.165, 1.54) is 41.7 Å². The van der Waals surface area contributed by atoms with Gasteiger partial charge in [-0.25, -0.2) is 15.0 Å². The second-order valence-electron chi connectivity index (χ2n) is 15.6. The number of nitrogens with zero attached hydrogens (tertiary/aromatic N) is 4. The zero-order valence-corrected chi connectivity index (χ0v) is 33.4. The molecule has 5 nitrogen and oxygen atoms in total. The van der Waals surface area contributed by atoms with Gasteiger partial charge in [-0.05, 0) is 70.4 Å². The van der Waals surface area contributed by atoms with Crippen LogP contribution in [0.3, 0.4) is 0 Å². The monoisotopic (exact) mass is 796 g/mol. The molecule has 4 heterocycles. The molecule has 0 fully saturated rings. The van der Waals surface area contributed by atoms with E-state index in [1.807, 2.05) is 18.2 Å². The van der Waals surface area contributed by atoms with Crippen molar-refractivity contribution >= 4 is 86.0 Å². The van der Waals surface area contributed by atoms with Crippen LogP contribution in [0.5, 0.6) is 0 Å². The maximum absolute atomic E-state index is 6.61. The maximum Gasteiger partial charge on any atom is 0.166 e. The highest BCUT2D eigenvalue weighted by Gasteiger charge is 2.25. The second kappa shape index (κ2) is 13.3. The van der Waals surface area contributed by atoms with Crippen molar-refractivity contribution in [2.75, 3.05) is 0 Å². The number of aromatic nitrogens is 4. The fourth-order valence-electron chi connectivity index (χ4n) is 9.17. The summed E-state index contributed by atoms with van der Waals surface area (Å²) in [6, 6.07) is 68.5. The maximum atomic E-state index is 6.61. The molecule has 284 valence electrons. The molecule has 61 heavy (non-hydrogen) atoms. The number of furan rings is 1. The molecular weight excluding hydrogens is 765 g/mol. The molecule has 13 rings (SSSR count). The molecule has 0 aliphatic rings. The summed E-state index contributed by atoms with van der Waals surface area (Å²) in [5.74, 6) is 1.80. The van der Waals surface area contributed by atoms with Crippen molar-refractivity contribution in [1.29, 1.82) is 0 Å². The van der Waals surface area contributed by atoms with Crippen LogP contribution in [0.2, 0.25) is 0 Å². The Labute approximate surface area is 353 Å². The first-order chi connectivity index (χ1) is 30.2. The van der Waals surface area contributed by atoms with Crippen molar-refractivity contribution in [3.8, 4) is 51.0 Å². The molecule has 0 unspecified atom stereocenters. The average Bonchev–Trinajstić information content (AvgIpc) is 4.00. The Morgan fingerprint density at radius 3 is 1.85 bits per heavy atom. The summed E-state index contributed by atoms with van der Waals surface area (Å²) in [7, 11) is 0. The zero-order chi connectivity index (χ0) is 40.0. The molecule has 9 aromatic carbocycles. The predicted octanol–water partition coefficient (Wildman–Crippen LogP) is 15.1. The molecule has 6 heteroatoms. The number of hydrogen-bond donors (Lipinski definition) is 0. The van der Waals surface area contributed by atoms with E-state index in [1.54, 1.807) is 11.3 Å². The van der Waals surface area contributed by atoms with Gasteiger partial charge in [-0.15, -0.1) is 11.3 Å². The third-order valence-corrected chi connectivity index (χ3v) is 13.2. The van der Waals surface area contributed by atoms with Gasteiger partial charge >= 0.3 is 0 Å². The van der Waals surface area contributed by atoms with Crippen molar-refractivity contribution in [2.45, 2.75) is 0 Å². The third-order valence-electron chi connectivity index (χ3n) is 12.0. The molecule has 0 atom stereocenters. The van der Waals surface area contributed by atoms with Gasteiger partial charge in [-0.3, -0.25) is 0 Å². The minimum atomic E-state index is 0.581. The van der Waals surface area contributed by atoms with Gasteiger partial charge in [-0.2, -0.15) is 0 Å². The van der Waals surface area contributed by atoms with Crippen LogP contribution in [-0.4, -0.2) is 19.5 Å². The topological polar surface area (TPSA) is 56.7 Å². The second-order valence-corrected chi connectivity index (χ2v) is 16.6. The molecule has 0 saturated carbocycles. The van der Waals surface area contributed by atoms with E-state index in [9.17, 15) is 0 Å². The standard InChI is InChI=1S/C55H32N4OS/c1-2-12-33(13-3-1)34-22-24-35(25-23-34)53-56-54(38-26-27-41-40-17-8-11-21-49(40)61-50(41)32-38)58-55(57-53)43-28-29-48-51(42-18-7-10-20-47(42)60-48)52(43)59-45-19-9-6-16-39(45)44-30-36-14-4-5-15-37(36)31-46(44)59/h1-32H. The fourth-order valence-corrected chi connectivity index (χ4v) is 10.3. The third kappa shape index (κ3) is 5.36. The molecule has 13 aromatic rings. The molecule has 0 bridgehead atoms. The van der Waals surface area contributed by atoms with E-state index in [0.717, 1.165) is 66.5 Å². The first-order valence-corrected chi connectivity index (χ1v) is 21.2. The number of fused-ring (bicyclic) bond motifs is 10. The van der Waals surface area contributed by atoms with Crippen LogP contribution in [0.15, 0.2) is 199 Å². The Morgan fingerprint density at radius 1 is 0.377 bits per heavy atom. The molecule has 0 amide bonds. The van der Waals surface area contributed by atoms with Crippen molar-refractivity contribution in [1.82, 2.24) is 19.5 Å². The highest BCUT2D eigenvalue weighted by atomic mass is 32.1. The predicted molar refractivity (Wildman–Crippen MR) is 254 cm³/mol. The van der Waals surface area contributed by atoms with Gasteiger partial charge in [0.2, 0.25) is 0 Å². The van der Waals surface area contributed by atoms with Crippen LogP contribution in [0.1, 0.15) is 0 Å². The minimum Gasteiger partial charge on any atom is -0.456 e. The van der Waals surface area contributed by atoms with Crippen LogP contribution in [0.25, 0.3) is 126 Å².